The monoisotopic (exact) mass is 385 g/mol. The van der Waals surface area contributed by atoms with Crippen molar-refractivity contribution in [3.8, 4) is 0 Å². The zero-order chi connectivity index (χ0) is 19.4. The number of carbonyl (C=O) groups is 1. The predicted octanol–water partition coefficient (Wildman–Crippen LogP) is 5.68. The van der Waals surface area contributed by atoms with Gasteiger partial charge in [-0.25, -0.2) is 4.79 Å². The molecule has 140 valence electrons. The number of hydrogen-bond donors (Lipinski definition) is 0. The third kappa shape index (κ3) is 4.19. The van der Waals surface area contributed by atoms with Gasteiger partial charge in [0.15, 0.2) is 0 Å². The molecule has 0 fully saturated rings. The van der Waals surface area contributed by atoms with E-state index in [1.54, 1.807) is 12.1 Å². The molecule has 27 heavy (non-hydrogen) atoms. The number of hydrogen-bond acceptors (Lipinski definition) is 4. The minimum absolute atomic E-state index is 0.0365. The summed E-state index contributed by atoms with van der Waals surface area (Å²) in [7, 11) is 0. The van der Waals surface area contributed by atoms with Gasteiger partial charge in [0.2, 0.25) is 0 Å². The van der Waals surface area contributed by atoms with E-state index in [9.17, 15) is 14.9 Å². The first kappa shape index (κ1) is 19.1. The first-order valence-corrected chi connectivity index (χ1v) is 9.18. The van der Waals surface area contributed by atoms with Gasteiger partial charge in [0, 0.05) is 23.1 Å². The van der Waals surface area contributed by atoms with Gasteiger partial charge in [-0.1, -0.05) is 35.9 Å². The van der Waals surface area contributed by atoms with E-state index < -0.39 is 16.5 Å². The van der Waals surface area contributed by atoms with Crippen LogP contribution in [0.5, 0.6) is 0 Å². The van der Waals surface area contributed by atoms with Crippen LogP contribution in [0.4, 0.5) is 5.69 Å². The minimum atomic E-state index is -0.861. The number of benzene rings is 2. The number of nitro groups is 1. The lowest BCUT2D eigenvalue weighted by molar-refractivity contribution is -0.384. The molecule has 0 heterocycles. The quantitative estimate of drug-likeness (QED) is 0.287. The molecule has 3 rings (SSSR count). The number of nitro benzene ring substituents is 1. The van der Waals surface area contributed by atoms with Crippen LogP contribution in [0.25, 0.3) is 0 Å². The Balaban J connectivity index is 1.91. The van der Waals surface area contributed by atoms with Gasteiger partial charge in [-0.2, -0.15) is 0 Å². The highest BCUT2D eigenvalue weighted by molar-refractivity contribution is 6.30. The zero-order valence-electron chi connectivity index (χ0n) is 14.9. The number of ether oxygens (including phenoxy) is 1. The fourth-order valence-corrected chi connectivity index (χ4v) is 3.50. The van der Waals surface area contributed by atoms with E-state index in [-0.39, 0.29) is 17.2 Å². The number of allylic oxidation sites excluding steroid dienone is 1. The standard InChI is InChI=1S/C21H20ClNO4/c1-21(16-5-3-2-4-6-16,17-9-11-18(22)12-10-17)27-20(24)15-7-13-19(14-8-15)23(25)26/h3,5,7-14,16H,2,4,6H2,1H3. The molecule has 2 unspecified atom stereocenters. The van der Waals surface area contributed by atoms with E-state index in [2.05, 4.69) is 12.2 Å². The van der Waals surface area contributed by atoms with Gasteiger partial charge in [-0.05, 0) is 56.0 Å². The van der Waals surface area contributed by atoms with Crippen LogP contribution < -0.4 is 0 Å². The van der Waals surface area contributed by atoms with Gasteiger partial charge in [0.1, 0.15) is 5.60 Å². The Hall–Kier alpha value is -2.66. The number of non-ortho nitro benzene ring substituents is 1. The lowest BCUT2D eigenvalue weighted by Gasteiger charge is -2.37. The van der Waals surface area contributed by atoms with Crippen molar-refractivity contribution in [1.82, 2.24) is 0 Å². The summed E-state index contributed by atoms with van der Waals surface area (Å²) in [5.41, 5.74) is 0.210. The van der Waals surface area contributed by atoms with Crippen LogP contribution in [-0.4, -0.2) is 10.9 Å². The smallest absolute Gasteiger partial charge is 0.339 e. The normalized spacial score (nSPS) is 18.5. The lowest BCUT2D eigenvalue weighted by Crippen LogP contribution is -2.37. The first-order chi connectivity index (χ1) is 12.9. The average Bonchev–Trinajstić information content (AvgIpc) is 2.69. The topological polar surface area (TPSA) is 69.4 Å². The predicted molar refractivity (Wildman–Crippen MR) is 104 cm³/mol. The Morgan fingerprint density at radius 1 is 1.19 bits per heavy atom. The molecule has 2 atom stereocenters. The molecule has 0 aliphatic heterocycles. The number of esters is 1. The summed E-state index contributed by atoms with van der Waals surface area (Å²) in [6.45, 7) is 1.90. The maximum Gasteiger partial charge on any atom is 0.339 e. The van der Waals surface area contributed by atoms with Crippen LogP contribution in [0, 0.1) is 16.0 Å². The second kappa shape index (κ2) is 7.92. The molecule has 1 aliphatic rings. The highest BCUT2D eigenvalue weighted by atomic mass is 35.5. The van der Waals surface area contributed by atoms with E-state index >= 15 is 0 Å². The highest BCUT2D eigenvalue weighted by Crippen LogP contribution is 2.40. The highest BCUT2D eigenvalue weighted by Gasteiger charge is 2.39. The molecule has 0 bridgehead atoms. The Morgan fingerprint density at radius 2 is 1.85 bits per heavy atom. The van der Waals surface area contributed by atoms with Gasteiger partial charge >= 0.3 is 5.97 Å². The third-order valence-electron chi connectivity index (χ3n) is 5.00. The summed E-state index contributed by atoms with van der Waals surface area (Å²) in [4.78, 5) is 23.1. The van der Waals surface area contributed by atoms with E-state index in [0.717, 1.165) is 24.8 Å². The summed E-state index contributed by atoms with van der Waals surface area (Å²) < 4.78 is 5.99. The summed E-state index contributed by atoms with van der Waals surface area (Å²) in [6, 6.07) is 12.7. The summed E-state index contributed by atoms with van der Waals surface area (Å²) >= 11 is 6.01. The molecule has 5 nitrogen and oxygen atoms in total. The van der Waals surface area contributed by atoms with E-state index in [0.29, 0.717) is 5.02 Å². The molecule has 1 aliphatic carbocycles. The molecular formula is C21H20ClNO4. The Bertz CT molecular complexity index is 861. The molecule has 2 aromatic carbocycles. The maximum absolute atomic E-state index is 12.8. The van der Waals surface area contributed by atoms with Crippen molar-refractivity contribution in [3.05, 3.63) is 86.9 Å². The Morgan fingerprint density at radius 3 is 2.41 bits per heavy atom. The molecule has 6 heteroatoms. The zero-order valence-corrected chi connectivity index (χ0v) is 15.7. The Kier molecular flexibility index (Phi) is 5.61. The second-order valence-electron chi connectivity index (χ2n) is 6.77. The number of rotatable bonds is 5. The Labute approximate surface area is 162 Å². The van der Waals surface area contributed by atoms with E-state index in [1.807, 2.05) is 19.1 Å². The van der Waals surface area contributed by atoms with Crippen molar-refractivity contribution in [3.63, 3.8) is 0 Å². The van der Waals surface area contributed by atoms with Crippen LogP contribution in [-0.2, 0) is 10.3 Å². The SMILES string of the molecule is CC(OC(=O)c1ccc([N+](=O)[O-])cc1)(c1ccc(Cl)cc1)C1C=CCCC1. The van der Waals surface area contributed by atoms with Crippen molar-refractivity contribution in [1.29, 1.82) is 0 Å². The van der Waals surface area contributed by atoms with Crippen molar-refractivity contribution in [2.24, 2.45) is 5.92 Å². The van der Waals surface area contributed by atoms with Crippen molar-refractivity contribution >= 4 is 23.3 Å². The molecule has 0 N–H and O–H groups in total. The second-order valence-corrected chi connectivity index (χ2v) is 7.21. The van der Waals surface area contributed by atoms with Gasteiger partial charge < -0.3 is 4.74 Å². The largest absolute Gasteiger partial charge is 0.450 e. The van der Waals surface area contributed by atoms with Crippen LogP contribution in [0.3, 0.4) is 0 Å². The van der Waals surface area contributed by atoms with Crippen molar-refractivity contribution in [2.45, 2.75) is 31.8 Å². The molecule has 0 spiro atoms. The third-order valence-corrected chi connectivity index (χ3v) is 5.25. The summed E-state index contributed by atoms with van der Waals surface area (Å²) in [5.74, 6) is -0.476. The number of nitrogens with zero attached hydrogens (tertiary/aromatic N) is 1. The minimum Gasteiger partial charge on any atom is -0.450 e. The van der Waals surface area contributed by atoms with Gasteiger partial charge in [-0.3, -0.25) is 10.1 Å². The maximum atomic E-state index is 12.8. The van der Waals surface area contributed by atoms with Crippen LogP contribution in [0.1, 0.15) is 42.1 Å². The molecule has 0 radical (unpaired) electrons. The fraction of sp³-hybridized carbons (Fsp3) is 0.286. The lowest BCUT2D eigenvalue weighted by atomic mass is 9.77. The van der Waals surface area contributed by atoms with E-state index in [4.69, 9.17) is 16.3 Å². The molecule has 0 aromatic heterocycles. The van der Waals surface area contributed by atoms with Crippen LogP contribution in [0.15, 0.2) is 60.7 Å². The number of halogens is 1. The van der Waals surface area contributed by atoms with Gasteiger partial charge in [-0.15, -0.1) is 0 Å². The van der Waals surface area contributed by atoms with E-state index in [1.165, 1.54) is 24.3 Å². The van der Waals surface area contributed by atoms with Crippen LogP contribution >= 0.6 is 11.6 Å². The molecule has 0 saturated carbocycles. The van der Waals surface area contributed by atoms with Crippen molar-refractivity contribution in [2.75, 3.05) is 0 Å². The fourth-order valence-electron chi connectivity index (χ4n) is 3.37. The van der Waals surface area contributed by atoms with Gasteiger partial charge in [0.05, 0.1) is 10.5 Å². The average molecular weight is 386 g/mol. The molecule has 0 saturated heterocycles. The number of carbonyl (C=O) groups excluding carboxylic acids is 1. The first-order valence-electron chi connectivity index (χ1n) is 8.80. The van der Waals surface area contributed by atoms with Crippen molar-refractivity contribution < 1.29 is 14.5 Å². The molecular weight excluding hydrogens is 366 g/mol. The molecule has 0 amide bonds. The molecule has 2 aromatic rings. The van der Waals surface area contributed by atoms with Gasteiger partial charge in [0.25, 0.3) is 5.69 Å². The summed E-state index contributed by atoms with van der Waals surface area (Å²) in [5, 5.41) is 11.4. The summed E-state index contributed by atoms with van der Waals surface area (Å²) in [6.07, 6.45) is 7.16. The van der Waals surface area contributed by atoms with Crippen LogP contribution in [0.2, 0.25) is 5.02 Å².